The molecule has 2 aromatic rings. The molecule has 1 aliphatic rings. The molecule has 7 heteroatoms. The minimum absolute atomic E-state index is 0.0625. The smallest absolute Gasteiger partial charge is 0.267 e. The van der Waals surface area contributed by atoms with Crippen LogP contribution in [0.2, 0.25) is 0 Å². The highest BCUT2D eigenvalue weighted by Crippen LogP contribution is 2.15. The number of carbonyl (C=O) groups excluding carboxylic acids is 1. The van der Waals surface area contributed by atoms with E-state index < -0.39 is 0 Å². The van der Waals surface area contributed by atoms with Crippen molar-refractivity contribution in [3.63, 3.8) is 0 Å². The maximum Gasteiger partial charge on any atom is 0.267 e. The third-order valence-electron chi connectivity index (χ3n) is 5.08. The lowest BCUT2D eigenvalue weighted by molar-refractivity contribution is -0.121. The van der Waals surface area contributed by atoms with Crippen LogP contribution in [0.15, 0.2) is 41.2 Å². The zero-order valence-electron chi connectivity index (χ0n) is 16.7. The van der Waals surface area contributed by atoms with Crippen molar-refractivity contribution in [3.05, 3.63) is 52.3 Å². The van der Waals surface area contributed by atoms with E-state index in [4.69, 9.17) is 0 Å². The Bertz CT molecular complexity index is 839. The first-order valence-corrected chi connectivity index (χ1v) is 9.84. The molecule has 7 nitrogen and oxygen atoms in total. The van der Waals surface area contributed by atoms with Gasteiger partial charge in [-0.25, -0.2) is 4.68 Å². The molecule has 1 saturated heterocycles. The lowest BCUT2D eigenvalue weighted by Crippen LogP contribution is -2.45. The lowest BCUT2D eigenvalue weighted by atomic mass is 10.1. The number of nitrogens with zero attached hydrogens (tertiary/aromatic N) is 4. The summed E-state index contributed by atoms with van der Waals surface area (Å²) in [6.07, 6.45) is 0.904. The van der Waals surface area contributed by atoms with E-state index in [9.17, 15) is 9.59 Å². The first-order chi connectivity index (χ1) is 13.5. The van der Waals surface area contributed by atoms with E-state index in [-0.39, 0.29) is 18.0 Å². The van der Waals surface area contributed by atoms with E-state index in [0.717, 1.165) is 50.3 Å². The van der Waals surface area contributed by atoms with Crippen molar-refractivity contribution in [3.8, 4) is 11.3 Å². The number of aromatic nitrogens is 2. The molecule has 1 aliphatic heterocycles. The van der Waals surface area contributed by atoms with Crippen molar-refractivity contribution in [2.45, 2.75) is 19.9 Å². The van der Waals surface area contributed by atoms with E-state index >= 15 is 0 Å². The van der Waals surface area contributed by atoms with E-state index in [1.54, 1.807) is 6.07 Å². The minimum atomic E-state index is -0.275. The van der Waals surface area contributed by atoms with Crippen molar-refractivity contribution < 1.29 is 4.79 Å². The molecule has 0 radical (unpaired) electrons. The molecule has 1 amide bonds. The van der Waals surface area contributed by atoms with Crippen LogP contribution in [-0.4, -0.2) is 71.8 Å². The molecule has 0 atom stereocenters. The van der Waals surface area contributed by atoms with Crippen LogP contribution in [-0.2, 0) is 11.3 Å². The molecule has 0 spiro atoms. The highest BCUT2D eigenvalue weighted by Gasteiger charge is 2.13. The zero-order chi connectivity index (χ0) is 19.9. The van der Waals surface area contributed by atoms with Gasteiger partial charge in [0.25, 0.3) is 5.56 Å². The summed E-state index contributed by atoms with van der Waals surface area (Å²) >= 11 is 0. The fourth-order valence-corrected chi connectivity index (χ4v) is 3.23. The summed E-state index contributed by atoms with van der Waals surface area (Å²) < 4.78 is 1.23. The van der Waals surface area contributed by atoms with Crippen LogP contribution in [0.3, 0.4) is 0 Å². The Kier molecular flexibility index (Phi) is 6.95. The lowest BCUT2D eigenvalue weighted by Gasteiger charge is -2.32. The van der Waals surface area contributed by atoms with Crippen molar-refractivity contribution >= 4 is 5.91 Å². The van der Waals surface area contributed by atoms with Crippen LogP contribution in [0, 0.1) is 6.92 Å². The van der Waals surface area contributed by atoms with Crippen molar-refractivity contribution in [2.75, 3.05) is 46.3 Å². The molecule has 150 valence electrons. The molecule has 0 saturated carbocycles. The largest absolute Gasteiger partial charge is 0.354 e. The Morgan fingerprint density at radius 3 is 2.50 bits per heavy atom. The average molecular weight is 383 g/mol. The second-order valence-corrected chi connectivity index (χ2v) is 7.43. The maximum atomic E-state index is 12.2. The second-order valence-electron chi connectivity index (χ2n) is 7.43. The van der Waals surface area contributed by atoms with Gasteiger partial charge in [-0.05, 0) is 33.0 Å². The van der Waals surface area contributed by atoms with Gasteiger partial charge in [0.05, 0.1) is 5.69 Å². The fraction of sp³-hybridized carbons (Fsp3) is 0.476. The predicted octanol–water partition coefficient (Wildman–Crippen LogP) is 0.972. The van der Waals surface area contributed by atoms with Crippen LogP contribution < -0.4 is 10.9 Å². The van der Waals surface area contributed by atoms with Gasteiger partial charge in [-0.3, -0.25) is 9.59 Å². The average Bonchev–Trinajstić information content (AvgIpc) is 2.69. The highest BCUT2D eigenvalue weighted by molar-refractivity contribution is 5.75. The SMILES string of the molecule is Cc1ccc(-c2ccc(=O)n(CC(=O)NCCCN3CCN(C)CC3)n2)cc1. The van der Waals surface area contributed by atoms with Gasteiger partial charge >= 0.3 is 0 Å². The summed E-state index contributed by atoms with van der Waals surface area (Å²) in [6.45, 7) is 7.90. The van der Waals surface area contributed by atoms with Crippen molar-refractivity contribution in [1.29, 1.82) is 0 Å². The Labute approximate surface area is 166 Å². The second kappa shape index (κ2) is 9.61. The van der Waals surface area contributed by atoms with Crippen LogP contribution in [0.25, 0.3) is 11.3 Å². The Morgan fingerprint density at radius 2 is 1.79 bits per heavy atom. The summed E-state index contributed by atoms with van der Waals surface area (Å²) in [5.74, 6) is -0.186. The Balaban J connectivity index is 1.49. The van der Waals surface area contributed by atoms with E-state index in [2.05, 4.69) is 27.3 Å². The highest BCUT2D eigenvalue weighted by atomic mass is 16.2. The van der Waals surface area contributed by atoms with Crippen LogP contribution in [0.1, 0.15) is 12.0 Å². The molecule has 2 heterocycles. The quantitative estimate of drug-likeness (QED) is 0.722. The fourth-order valence-electron chi connectivity index (χ4n) is 3.23. The molecule has 1 fully saturated rings. The monoisotopic (exact) mass is 383 g/mol. The van der Waals surface area contributed by atoms with Gasteiger partial charge in [-0.1, -0.05) is 29.8 Å². The minimum Gasteiger partial charge on any atom is -0.354 e. The summed E-state index contributed by atoms with van der Waals surface area (Å²) in [6, 6.07) is 11.1. The molecule has 28 heavy (non-hydrogen) atoms. The number of rotatable bonds is 7. The first-order valence-electron chi connectivity index (χ1n) is 9.84. The summed E-state index contributed by atoms with van der Waals surface area (Å²) in [5, 5.41) is 7.25. The molecule has 1 aromatic heterocycles. The molecule has 1 N–H and O–H groups in total. The van der Waals surface area contributed by atoms with Gasteiger partial charge < -0.3 is 15.1 Å². The Hall–Kier alpha value is -2.51. The van der Waals surface area contributed by atoms with E-state index in [1.807, 2.05) is 31.2 Å². The number of benzene rings is 1. The molecular weight excluding hydrogens is 354 g/mol. The van der Waals surface area contributed by atoms with Crippen molar-refractivity contribution in [2.24, 2.45) is 0 Å². The predicted molar refractivity (Wildman–Crippen MR) is 110 cm³/mol. The van der Waals surface area contributed by atoms with Gasteiger partial charge in [0.2, 0.25) is 5.91 Å². The van der Waals surface area contributed by atoms with E-state index in [0.29, 0.717) is 12.2 Å². The third kappa shape index (κ3) is 5.74. The van der Waals surface area contributed by atoms with Gasteiger partial charge in [0, 0.05) is 44.4 Å². The molecule has 1 aromatic carbocycles. The number of piperazine rings is 1. The van der Waals surface area contributed by atoms with Gasteiger partial charge in [0.1, 0.15) is 6.54 Å². The van der Waals surface area contributed by atoms with Gasteiger partial charge in [-0.15, -0.1) is 0 Å². The van der Waals surface area contributed by atoms with E-state index in [1.165, 1.54) is 10.7 Å². The molecule has 0 bridgehead atoms. The number of nitrogens with one attached hydrogen (secondary N) is 1. The van der Waals surface area contributed by atoms with Gasteiger partial charge in [-0.2, -0.15) is 5.10 Å². The standard InChI is InChI=1S/C21H29N5O2/c1-17-4-6-18(7-5-17)19-8-9-21(28)26(23-19)16-20(27)22-10-3-11-25-14-12-24(2)13-15-25/h4-9H,3,10-16H2,1-2H3,(H,22,27). The molecule has 3 rings (SSSR count). The maximum absolute atomic E-state index is 12.2. The number of carbonyl (C=O) groups is 1. The Morgan fingerprint density at radius 1 is 1.07 bits per heavy atom. The first kappa shape index (κ1) is 20.2. The molecular formula is C21H29N5O2. The zero-order valence-corrected chi connectivity index (χ0v) is 16.7. The number of likely N-dealkylation sites (N-methyl/N-ethyl adjacent to an activating group) is 1. The normalized spacial score (nSPS) is 15.5. The van der Waals surface area contributed by atoms with Crippen LogP contribution in [0.5, 0.6) is 0 Å². The molecule has 0 aliphatic carbocycles. The summed E-state index contributed by atoms with van der Waals surface area (Å²) in [4.78, 5) is 29.0. The molecule has 0 unspecified atom stereocenters. The number of aryl methyl sites for hydroxylation is 1. The topological polar surface area (TPSA) is 70.5 Å². The third-order valence-corrected chi connectivity index (χ3v) is 5.08. The summed E-state index contributed by atoms with van der Waals surface area (Å²) in [7, 11) is 2.14. The number of hydrogen-bond acceptors (Lipinski definition) is 5. The number of hydrogen-bond donors (Lipinski definition) is 1. The number of amides is 1. The van der Waals surface area contributed by atoms with Crippen molar-refractivity contribution in [1.82, 2.24) is 24.9 Å². The van der Waals surface area contributed by atoms with Crippen LogP contribution >= 0.6 is 0 Å². The summed E-state index contributed by atoms with van der Waals surface area (Å²) in [5.41, 5.74) is 2.49. The van der Waals surface area contributed by atoms with Crippen LogP contribution in [0.4, 0.5) is 0 Å². The van der Waals surface area contributed by atoms with Gasteiger partial charge in [0.15, 0.2) is 0 Å².